The third kappa shape index (κ3) is 3.96. The van der Waals surface area contributed by atoms with Gasteiger partial charge in [-0.1, -0.05) is 32.8 Å². The van der Waals surface area contributed by atoms with Crippen LogP contribution in [-0.4, -0.2) is 54.6 Å². The molecular weight excluding hydrogens is 314 g/mol. The summed E-state index contributed by atoms with van der Waals surface area (Å²) in [7, 11) is 1.33. The van der Waals surface area contributed by atoms with E-state index in [1.807, 2.05) is 0 Å². The van der Waals surface area contributed by atoms with Crippen molar-refractivity contribution in [3.63, 3.8) is 0 Å². The lowest BCUT2D eigenvalue weighted by molar-refractivity contribution is -0.154. The standard InChI is InChI=1S/C17H27NO6/c1-4-5-6-7-13(17(9-23-17)16(21)22-3)24-14-10(2)11(14)8-12(18)15(19)20/h11-14H,2,4-9,18H2,1,3H3,(H,19,20). The van der Waals surface area contributed by atoms with Gasteiger partial charge in [0.15, 0.2) is 0 Å². The van der Waals surface area contributed by atoms with Crippen LogP contribution >= 0.6 is 0 Å². The predicted molar refractivity (Wildman–Crippen MR) is 86.4 cm³/mol. The Kier molecular flexibility index (Phi) is 6.01. The lowest BCUT2D eigenvalue weighted by atomic mass is 9.97. The fraction of sp³-hybridized carbons (Fsp3) is 0.765. The molecule has 0 aromatic carbocycles. The largest absolute Gasteiger partial charge is 0.480 e. The highest BCUT2D eigenvalue weighted by Gasteiger charge is 2.62. The van der Waals surface area contributed by atoms with Gasteiger partial charge >= 0.3 is 11.9 Å². The predicted octanol–water partition coefficient (Wildman–Crippen LogP) is 1.25. The van der Waals surface area contributed by atoms with Gasteiger partial charge in [0.05, 0.1) is 19.8 Å². The number of hydrogen-bond acceptors (Lipinski definition) is 6. The number of carboxylic acid groups (broad SMARTS) is 1. The number of ether oxygens (including phenoxy) is 3. The Morgan fingerprint density at radius 3 is 2.67 bits per heavy atom. The van der Waals surface area contributed by atoms with Gasteiger partial charge in [-0.25, -0.2) is 4.79 Å². The van der Waals surface area contributed by atoms with Crippen molar-refractivity contribution in [3.05, 3.63) is 12.2 Å². The molecule has 1 saturated carbocycles. The summed E-state index contributed by atoms with van der Waals surface area (Å²) in [4.78, 5) is 22.9. The fourth-order valence-electron chi connectivity index (χ4n) is 3.03. The fourth-order valence-corrected chi connectivity index (χ4v) is 3.03. The summed E-state index contributed by atoms with van der Waals surface area (Å²) in [5, 5.41) is 8.92. The molecule has 0 aromatic heterocycles. The molecule has 136 valence electrons. The topological polar surface area (TPSA) is 111 Å². The second-order valence-electron chi connectivity index (χ2n) is 6.57. The van der Waals surface area contributed by atoms with Crippen molar-refractivity contribution in [3.8, 4) is 0 Å². The third-order valence-electron chi connectivity index (χ3n) is 4.81. The van der Waals surface area contributed by atoms with E-state index in [2.05, 4.69) is 13.5 Å². The summed E-state index contributed by atoms with van der Waals surface area (Å²) >= 11 is 0. The molecule has 5 atom stereocenters. The summed E-state index contributed by atoms with van der Waals surface area (Å²) in [6.45, 7) is 6.32. The number of epoxide rings is 1. The molecule has 0 bridgehead atoms. The second-order valence-corrected chi connectivity index (χ2v) is 6.57. The molecule has 1 saturated heterocycles. The first-order chi connectivity index (χ1) is 11.4. The maximum atomic E-state index is 12.1. The number of hydrogen-bond donors (Lipinski definition) is 2. The smallest absolute Gasteiger partial charge is 0.343 e. The average molecular weight is 341 g/mol. The van der Waals surface area contributed by atoms with Gasteiger partial charge in [-0.05, 0) is 18.4 Å². The van der Waals surface area contributed by atoms with E-state index in [1.54, 1.807) is 0 Å². The normalized spacial score (nSPS) is 30.5. The van der Waals surface area contributed by atoms with E-state index < -0.39 is 29.7 Å². The summed E-state index contributed by atoms with van der Waals surface area (Å²) in [6, 6.07) is -0.939. The van der Waals surface area contributed by atoms with Crippen LogP contribution in [0.2, 0.25) is 0 Å². The zero-order valence-electron chi connectivity index (χ0n) is 14.3. The van der Waals surface area contributed by atoms with Crippen molar-refractivity contribution in [1.82, 2.24) is 0 Å². The monoisotopic (exact) mass is 341 g/mol. The quantitative estimate of drug-likeness (QED) is 0.252. The SMILES string of the molecule is C=C1C(CC(N)C(=O)O)C1OC(CCCCC)C1(C(=O)OC)CO1. The molecule has 7 heteroatoms. The van der Waals surface area contributed by atoms with Gasteiger partial charge in [-0.15, -0.1) is 0 Å². The number of nitrogens with two attached hydrogens (primary N) is 1. The van der Waals surface area contributed by atoms with Crippen LogP contribution in [0.1, 0.15) is 39.0 Å². The van der Waals surface area contributed by atoms with E-state index in [0.29, 0.717) is 6.42 Å². The Morgan fingerprint density at radius 2 is 2.17 bits per heavy atom. The number of carbonyl (C=O) groups excluding carboxylic acids is 1. The Bertz CT molecular complexity index is 501. The molecule has 0 radical (unpaired) electrons. The molecule has 2 aliphatic rings. The minimum absolute atomic E-state index is 0.0850. The van der Waals surface area contributed by atoms with Crippen LogP contribution in [-0.2, 0) is 23.8 Å². The number of rotatable bonds is 11. The van der Waals surface area contributed by atoms with E-state index in [0.717, 1.165) is 24.8 Å². The first-order valence-electron chi connectivity index (χ1n) is 8.42. The summed E-state index contributed by atoms with van der Waals surface area (Å²) < 4.78 is 16.4. The van der Waals surface area contributed by atoms with Crippen molar-refractivity contribution in [2.75, 3.05) is 13.7 Å². The molecule has 5 unspecified atom stereocenters. The summed E-state index contributed by atoms with van der Waals surface area (Å²) in [5.41, 5.74) is 5.39. The highest BCUT2D eigenvalue weighted by molar-refractivity contribution is 5.83. The molecule has 7 nitrogen and oxygen atoms in total. The van der Waals surface area contributed by atoms with E-state index >= 15 is 0 Å². The van der Waals surface area contributed by atoms with Crippen LogP contribution < -0.4 is 5.73 Å². The van der Waals surface area contributed by atoms with Gasteiger partial charge in [-0.3, -0.25) is 4.79 Å². The summed E-state index contributed by atoms with van der Waals surface area (Å²) in [5.74, 6) is -1.54. The van der Waals surface area contributed by atoms with Crippen LogP contribution in [0.15, 0.2) is 12.2 Å². The van der Waals surface area contributed by atoms with Crippen molar-refractivity contribution in [2.45, 2.75) is 62.9 Å². The van der Waals surface area contributed by atoms with Crippen LogP contribution in [0.3, 0.4) is 0 Å². The molecule has 1 aliphatic heterocycles. The van der Waals surface area contributed by atoms with Gasteiger partial charge in [0.25, 0.3) is 0 Å². The number of methoxy groups -OCH3 is 1. The second kappa shape index (κ2) is 7.63. The van der Waals surface area contributed by atoms with Crippen molar-refractivity contribution < 1.29 is 28.9 Å². The first kappa shape index (κ1) is 18.9. The van der Waals surface area contributed by atoms with Crippen molar-refractivity contribution in [2.24, 2.45) is 11.7 Å². The number of carbonyl (C=O) groups is 2. The Labute approximate surface area is 142 Å². The van der Waals surface area contributed by atoms with E-state index in [4.69, 9.17) is 25.1 Å². The number of carboxylic acids is 1. The Balaban J connectivity index is 1.97. The highest BCUT2D eigenvalue weighted by Crippen LogP contribution is 2.47. The Hall–Kier alpha value is -1.44. The minimum atomic E-state index is -1.04. The van der Waals surface area contributed by atoms with Crippen LogP contribution in [0, 0.1) is 5.92 Å². The molecule has 24 heavy (non-hydrogen) atoms. The lowest BCUT2D eigenvalue weighted by Gasteiger charge is -2.23. The number of unbranched alkanes of at least 4 members (excludes halogenated alkanes) is 2. The van der Waals surface area contributed by atoms with Crippen molar-refractivity contribution in [1.29, 1.82) is 0 Å². The van der Waals surface area contributed by atoms with Crippen LogP contribution in [0.25, 0.3) is 0 Å². The molecular formula is C17H27NO6. The van der Waals surface area contributed by atoms with Crippen LogP contribution in [0.4, 0.5) is 0 Å². The van der Waals surface area contributed by atoms with Gasteiger partial charge in [0.2, 0.25) is 5.60 Å². The molecule has 2 fully saturated rings. The maximum absolute atomic E-state index is 12.1. The zero-order chi connectivity index (χ0) is 17.9. The zero-order valence-corrected chi connectivity index (χ0v) is 14.3. The van der Waals surface area contributed by atoms with E-state index in [1.165, 1.54) is 7.11 Å². The molecule has 3 N–H and O–H groups in total. The molecule has 1 heterocycles. The summed E-state index contributed by atoms with van der Waals surface area (Å²) in [6.07, 6.45) is 3.30. The van der Waals surface area contributed by atoms with Crippen LogP contribution in [0.5, 0.6) is 0 Å². The van der Waals surface area contributed by atoms with E-state index in [9.17, 15) is 9.59 Å². The van der Waals surface area contributed by atoms with Gasteiger partial charge in [0.1, 0.15) is 12.1 Å². The molecule has 0 amide bonds. The van der Waals surface area contributed by atoms with Gasteiger partial charge in [0, 0.05) is 5.92 Å². The average Bonchev–Trinajstić information content (AvgIpc) is 3.46. The number of esters is 1. The molecule has 1 aliphatic carbocycles. The van der Waals surface area contributed by atoms with Gasteiger partial charge < -0.3 is 25.1 Å². The van der Waals surface area contributed by atoms with Crippen molar-refractivity contribution >= 4 is 11.9 Å². The van der Waals surface area contributed by atoms with Gasteiger partial charge in [-0.2, -0.15) is 0 Å². The maximum Gasteiger partial charge on any atom is 0.343 e. The highest BCUT2D eigenvalue weighted by atomic mass is 16.7. The molecule has 0 spiro atoms. The van der Waals surface area contributed by atoms with E-state index in [-0.39, 0.29) is 25.0 Å². The third-order valence-corrected chi connectivity index (χ3v) is 4.81. The minimum Gasteiger partial charge on any atom is -0.480 e. The Morgan fingerprint density at radius 1 is 1.50 bits per heavy atom. The molecule has 0 aromatic rings. The lowest BCUT2D eigenvalue weighted by Crippen LogP contribution is -2.41. The molecule has 2 rings (SSSR count). The first-order valence-corrected chi connectivity index (χ1v) is 8.42. The number of aliphatic carboxylic acids is 1.